The summed E-state index contributed by atoms with van der Waals surface area (Å²) < 4.78 is 5.80. The molecule has 77 heavy (non-hydrogen) atoms. The van der Waals surface area contributed by atoms with Gasteiger partial charge in [-0.3, -0.25) is 47.9 Å². The number of halogens is 2. The smallest absolute Gasteiger partial charge is 0.341 e. The van der Waals surface area contributed by atoms with Crippen LogP contribution in [0.3, 0.4) is 0 Å². The van der Waals surface area contributed by atoms with E-state index in [-0.39, 0.29) is 57.8 Å². The van der Waals surface area contributed by atoms with E-state index in [0.717, 1.165) is 41.0 Å². The first-order valence-corrected chi connectivity index (χ1v) is 27.0. The number of aryl methyl sites for hydroxylation is 1. The first kappa shape index (κ1) is 55.2. The highest BCUT2D eigenvalue weighted by molar-refractivity contribution is 7.16. The molecule has 0 unspecified atom stereocenters. The third kappa shape index (κ3) is 12.8. The summed E-state index contributed by atoms with van der Waals surface area (Å²) in [5, 5.41) is 38.0. The molecule has 0 spiro atoms. The largest absolute Gasteiger partial charge is 0.478 e. The fraction of sp³-hybridized carbons (Fsp3) is 0.176. The van der Waals surface area contributed by atoms with Gasteiger partial charge in [-0.15, -0.1) is 34.0 Å². The number of nitrogens with zero attached hydrogens (tertiary/aromatic N) is 8. The van der Waals surface area contributed by atoms with Crippen molar-refractivity contribution in [1.82, 2.24) is 38.7 Å². The van der Waals surface area contributed by atoms with Crippen LogP contribution in [0.25, 0.3) is 22.8 Å². The van der Waals surface area contributed by atoms with Crippen LogP contribution >= 0.6 is 68.5 Å². The molecule has 0 saturated heterocycles. The van der Waals surface area contributed by atoms with Crippen LogP contribution in [0.2, 0.25) is 8.67 Å². The molecule has 0 aromatic carbocycles. The molecule has 0 saturated carbocycles. The molecule has 9 aromatic heterocycles. The van der Waals surface area contributed by atoms with Crippen LogP contribution < -0.4 is 21.8 Å². The monoisotopic (exact) mass is 1150 g/mol. The zero-order valence-electron chi connectivity index (χ0n) is 40.8. The van der Waals surface area contributed by atoms with Gasteiger partial charge >= 0.3 is 11.9 Å². The molecular formula is C51H42Cl2N10O10S4. The van der Waals surface area contributed by atoms with Gasteiger partial charge < -0.3 is 20.8 Å². The van der Waals surface area contributed by atoms with Crippen molar-refractivity contribution < 1.29 is 39.0 Å². The van der Waals surface area contributed by atoms with Gasteiger partial charge in [0.2, 0.25) is 5.78 Å². The third-order valence-electron chi connectivity index (χ3n) is 11.2. The number of Topliss-reactive ketones (excluding diaryl/α,β-unsaturated/α-hetero) is 2. The van der Waals surface area contributed by atoms with Gasteiger partial charge in [0.15, 0.2) is 5.78 Å². The molecule has 0 amide bonds. The number of carbonyl (C=O) groups excluding carboxylic acids is 4. The van der Waals surface area contributed by atoms with Gasteiger partial charge in [-0.2, -0.15) is 30.9 Å². The van der Waals surface area contributed by atoms with E-state index in [2.05, 4.69) is 30.8 Å². The van der Waals surface area contributed by atoms with Crippen LogP contribution in [0, 0.1) is 12.3 Å². The molecule has 9 aromatic rings. The SMILES string of the molecule is Cc1cc(-c2cc(NCc3ccc(Cl)s3)n(C(=O)C(C)(C)C)n2)n(CC(=O)c2ccccn2)c(=O)c1C(=O)O.O=C(O)c1cc(-c2cc(NCc3ccc(Cl)s3)n(C(=O)c3cncs3)n2)n(CC(=O)c2ccsc2)c(=O)c1. The molecule has 9 rings (SSSR count). The van der Waals surface area contributed by atoms with Crippen LogP contribution in [-0.2, 0) is 26.2 Å². The summed E-state index contributed by atoms with van der Waals surface area (Å²) in [6.07, 6.45) is 2.87. The highest BCUT2D eigenvalue weighted by Crippen LogP contribution is 2.30. The van der Waals surface area contributed by atoms with Gasteiger partial charge in [0.1, 0.15) is 39.2 Å². The van der Waals surface area contributed by atoms with Crippen molar-refractivity contribution in [1.29, 1.82) is 0 Å². The van der Waals surface area contributed by atoms with Crippen molar-refractivity contribution in [3.63, 3.8) is 0 Å². The van der Waals surface area contributed by atoms with E-state index in [4.69, 9.17) is 23.2 Å². The van der Waals surface area contributed by atoms with E-state index in [0.29, 0.717) is 43.8 Å². The van der Waals surface area contributed by atoms with Crippen LogP contribution in [0.4, 0.5) is 11.6 Å². The average molecular weight is 1150 g/mol. The molecular weight excluding hydrogens is 1110 g/mol. The van der Waals surface area contributed by atoms with Crippen molar-refractivity contribution >= 4 is 116 Å². The Hall–Kier alpha value is -8.00. The third-order valence-corrected chi connectivity index (χ3v) is 15.1. The van der Waals surface area contributed by atoms with Crippen LogP contribution in [0.15, 0.2) is 117 Å². The Morgan fingerprint density at radius 2 is 1.34 bits per heavy atom. The van der Waals surface area contributed by atoms with Gasteiger partial charge in [-0.1, -0.05) is 50.0 Å². The second kappa shape index (κ2) is 23.5. The Morgan fingerprint density at radius 3 is 1.87 bits per heavy atom. The zero-order chi connectivity index (χ0) is 55.3. The lowest BCUT2D eigenvalue weighted by molar-refractivity contribution is 0.0683. The number of carboxylic acid groups (broad SMARTS) is 2. The Kier molecular flexibility index (Phi) is 16.8. The van der Waals surface area contributed by atoms with E-state index < -0.39 is 52.3 Å². The van der Waals surface area contributed by atoms with Crippen molar-refractivity contribution in [3.8, 4) is 22.8 Å². The van der Waals surface area contributed by atoms with E-state index in [1.807, 2.05) is 12.1 Å². The van der Waals surface area contributed by atoms with E-state index in [9.17, 15) is 48.6 Å². The van der Waals surface area contributed by atoms with Crippen LogP contribution in [0.1, 0.15) is 92.1 Å². The fourth-order valence-corrected chi connectivity index (χ4v) is 10.7. The summed E-state index contributed by atoms with van der Waals surface area (Å²) in [4.78, 5) is 113. The molecule has 0 radical (unpaired) electrons. The number of hydrogen-bond acceptors (Lipinski definition) is 18. The Bertz CT molecular complexity index is 3830. The summed E-state index contributed by atoms with van der Waals surface area (Å²) in [6, 6.07) is 20.5. The van der Waals surface area contributed by atoms with E-state index >= 15 is 0 Å². The van der Waals surface area contributed by atoms with Gasteiger partial charge in [0, 0.05) is 50.5 Å². The summed E-state index contributed by atoms with van der Waals surface area (Å²) in [5.41, 5.74) is -0.174. The summed E-state index contributed by atoms with van der Waals surface area (Å²) in [5.74, 6) is -3.65. The normalized spacial score (nSPS) is 11.2. The van der Waals surface area contributed by atoms with Crippen LogP contribution in [-0.4, -0.2) is 84.2 Å². The second-order valence-corrected chi connectivity index (χ2v) is 23.0. The fourth-order valence-electron chi connectivity index (χ4n) is 7.47. The maximum atomic E-state index is 13.4. The number of thiazole rings is 1. The van der Waals surface area contributed by atoms with Gasteiger partial charge in [-0.25, -0.2) is 9.59 Å². The lowest BCUT2D eigenvalue weighted by atomic mass is 9.96. The Balaban J connectivity index is 0.000000204. The quantitative estimate of drug-likeness (QED) is 0.0617. The van der Waals surface area contributed by atoms with Crippen molar-refractivity contribution in [2.45, 2.75) is 53.9 Å². The number of anilines is 2. The van der Waals surface area contributed by atoms with Crippen molar-refractivity contribution in [3.05, 3.63) is 179 Å². The number of aromatic carboxylic acids is 2. The minimum atomic E-state index is -1.41. The highest BCUT2D eigenvalue weighted by atomic mass is 35.5. The number of pyridine rings is 3. The molecule has 0 atom stereocenters. The maximum absolute atomic E-state index is 13.4. The van der Waals surface area contributed by atoms with E-state index in [1.165, 1.54) is 87.8 Å². The molecule has 0 fully saturated rings. The maximum Gasteiger partial charge on any atom is 0.341 e. The molecule has 0 aliphatic carbocycles. The average Bonchev–Trinajstić information content (AvgIpc) is 4.31. The molecule has 20 nitrogen and oxygen atoms in total. The van der Waals surface area contributed by atoms with Gasteiger partial charge in [0.25, 0.3) is 22.9 Å². The molecule has 9 heterocycles. The topological polar surface area (TPSA) is 272 Å². The summed E-state index contributed by atoms with van der Waals surface area (Å²) >= 11 is 17.3. The number of aromatic nitrogens is 8. The lowest BCUT2D eigenvalue weighted by Crippen LogP contribution is -2.32. The molecule has 4 N–H and O–H groups in total. The molecule has 0 bridgehead atoms. The molecule has 26 heteroatoms. The Morgan fingerprint density at radius 1 is 0.714 bits per heavy atom. The Labute approximate surface area is 462 Å². The number of nitrogens with one attached hydrogen (secondary N) is 2. The second-order valence-electron chi connectivity index (χ2n) is 17.7. The number of rotatable bonds is 17. The number of hydrogen-bond donors (Lipinski definition) is 4. The molecule has 0 aliphatic rings. The number of carboxylic acids is 2. The zero-order valence-corrected chi connectivity index (χ0v) is 45.6. The molecule has 394 valence electrons. The first-order chi connectivity index (χ1) is 36.7. The van der Waals surface area contributed by atoms with Crippen molar-refractivity contribution in [2.75, 3.05) is 10.6 Å². The lowest BCUT2D eigenvalue weighted by Gasteiger charge is -2.18. The van der Waals surface area contributed by atoms with Gasteiger partial charge in [0.05, 0.1) is 63.5 Å². The number of ketones is 2. The summed E-state index contributed by atoms with van der Waals surface area (Å²) in [7, 11) is 0. The minimum absolute atomic E-state index is 0.0801. The number of carbonyl (C=O) groups is 6. The minimum Gasteiger partial charge on any atom is -0.478 e. The van der Waals surface area contributed by atoms with Gasteiger partial charge in [-0.05, 0) is 72.5 Å². The predicted molar refractivity (Wildman–Crippen MR) is 295 cm³/mol. The number of thiophene rings is 3. The van der Waals surface area contributed by atoms with E-state index in [1.54, 1.807) is 67.9 Å². The predicted octanol–water partition coefficient (Wildman–Crippen LogP) is 9.84. The van der Waals surface area contributed by atoms with Crippen LogP contribution in [0.5, 0.6) is 0 Å². The molecule has 0 aliphatic heterocycles. The summed E-state index contributed by atoms with van der Waals surface area (Å²) in [6.45, 7) is 6.65. The standard InChI is InChI=1S/C27H26ClN5O5S.C24H16ClN5O5S3/c1-15-11-19(32(24(35)23(15)25(36)37)14-20(34)17-7-5-6-10-29-17)18-12-22(30-13-16-8-9-21(28)39-16)33(31-18)26(38)27(2,3)4;25-20-2-1-15(38-20)8-27-21-7-16(28-30(21)23(33)19-9-26-12-37-19)17-5-14(24(34)35)6-22(32)29(17)10-18(31)13-3-4-36-11-13/h5-12,30H,13-14H2,1-4H3,(H,36,37);1-7,9,11-12,27H,8,10H2,(H,34,35). The van der Waals surface area contributed by atoms with Crippen molar-refractivity contribution in [2.24, 2.45) is 5.41 Å². The highest BCUT2D eigenvalue weighted by Gasteiger charge is 2.30. The first-order valence-electron chi connectivity index (χ1n) is 22.8.